The summed E-state index contributed by atoms with van der Waals surface area (Å²) in [4.78, 5) is 20.7. The molecule has 0 fully saturated rings. The molecule has 0 aliphatic carbocycles. The van der Waals surface area contributed by atoms with Crippen LogP contribution in [0.2, 0.25) is 0 Å². The molecule has 0 saturated carbocycles. The van der Waals surface area contributed by atoms with Crippen molar-refractivity contribution in [2.45, 2.75) is 13.5 Å². The van der Waals surface area contributed by atoms with E-state index < -0.39 is 5.63 Å². The first-order valence-electron chi connectivity index (χ1n) is 10.5. The van der Waals surface area contributed by atoms with Crippen LogP contribution in [0.25, 0.3) is 33.5 Å². The third kappa shape index (κ3) is 4.45. The second-order valence-electron chi connectivity index (χ2n) is 7.77. The summed E-state index contributed by atoms with van der Waals surface area (Å²) in [6.45, 7) is 2.25. The van der Waals surface area contributed by atoms with Crippen molar-refractivity contribution in [3.63, 3.8) is 0 Å². The van der Waals surface area contributed by atoms with Gasteiger partial charge in [-0.2, -0.15) is 0 Å². The van der Waals surface area contributed by atoms with Gasteiger partial charge in [-0.05, 0) is 49.4 Å². The molecule has 0 spiro atoms. The highest BCUT2D eigenvalue weighted by molar-refractivity contribution is 5.80. The van der Waals surface area contributed by atoms with Gasteiger partial charge < -0.3 is 14.9 Å². The maximum atomic E-state index is 11.9. The Kier molecular flexibility index (Phi) is 5.32. The van der Waals surface area contributed by atoms with E-state index in [-0.39, 0.29) is 12.6 Å². The van der Waals surface area contributed by atoms with Crippen LogP contribution in [0, 0.1) is 6.92 Å². The zero-order valence-electron chi connectivity index (χ0n) is 18.0. The molecule has 6 nitrogen and oxygen atoms in total. The van der Waals surface area contributed by atoms with Crippen LogP contribution < -0.4 is 16.1 Å². The summed E-state index contributed by atoms with van der Waals surface area (Å²) in [5.41, 5.74) is 11.4. The number of rotatable bonds is 5. The number of nitrogens with two attached hydrogens (primary N) is 1. The molecule has 0 aliphatic rings. The molecular formula is C27H21N3O3. The smallest absolute Gasteiger partial charge is 0.336 e. The van der Waals surface area contributed by atoms with Crippen LogP contribution in [0.5, 0.6) is 5.75 Å². The van der Waals surface area contributed by atoms with Gasteiger partial charge in [0.1, 0.15) is 17.9 Å². The Hall–Kier alpha value is -4.45. The predicted octanol–water partition coefficient (Wildman–Crippen LogP) is 5.39. The lowest BCUT2D eigenvalue weighted by Crippen LogP contribution is -2.04. The van der Waals surface area contributed by atoms with Gasteiger partial charge in [-0.25, -0.2) is 14.8 Å². The molecule has 2 aromatic heterocycles. The number of anilines is 1. The van der Waals surface area contributed by atoms with Crippen molar-refractivity contribution in [2.75, 3.05) is 5.73 Å². The number of aryl methyl sites for hydroxylation is 1. The zero-order chi connectivity index (χ0) is 22.8. The lowest BCUT2D eigenvalue weighted by atomic mass is 10.1. The van der Waals surface area contributed by atoms with Gasteiger partial charge in [0.15, 0.2) is 0 Å². The molecule has 2 heterocycles. The Morgan fingerprint density at radius 2 is 1.55 bits per heavy atom. The monoisotopic (exact) mass is 435 g/mol. The highest BCUT2D eigenvalue weighted by atomic mass is 16.5. The molecule has 162 valence electrons. The summed E-state index contributed by atoms with van der Waals surface area (Å²) in [5.74, 6) is 0.898. The van der Waals surface area contributed by atoms with Gasteiger partial charge in [-0.1, -0.05) is 42.0 Å². The quantitative estimate of drug-likeness (QED) is 0.372. The Balaban J connectivity index is 1.38. The van der Waals surface area contributed by atoms with Crippen LogP contribution in [0.3, 0.4) is 0 Å². The summed E-state index contributed by atoms with van der Waals surface area (Å²) < 4.78 is 11.3. The third-order valence-electron chi connectivity index (χ3n) is 5.34. The third-order valence-corrected chi connectivity index (χ3v) is 5.34. The summed E-state index contributed by atoms with van der Waals surface area (Å²) in [7, 11) is 0. The number of hydrogen-bond acceptors (Lipinski definition) is 6. The molecule has 3 aromatic carbocycles. The van der Waals surface area contributed by atoms with E-state index in [1.54, 1.807) is 0 Å². The van der Waals surface area contributed by atoms with Gasteiger partial charge in [-0.15, -0.1) is 0 Å². The Morgan fingerprint density at radius 3 is 2.27 bits per heavy atom. The minimum atomic E-state index is -0.393. The fourth-order valence-corrected chi connectivity index (χ4v) is 3.71. The van der Waals surface area contributed by atoms with Gasteiger partial charge >= 0.3 is 5.63 Å². The maximum Gasteiger partial charge on any atom is 0.336 e. The lowest BCUT2D eigenvalue weighted by Gasteiger charge is -2.10. The molecule has 6 heteroatoms. The molecule has 0 amide bonds. The highest BCUT2D eigenvalue weighted by Gasteiger charge is 2.09. The van der Waals surface area contributed by atoms with Crippen molar-refractivity contribution < 1.29 is 9.15 Å². The van der Waals surface area contributed by atoms with Crippen molar-refractivity contribution in [3.8, 4) is 28.3 Å². The van der Waals surface area contributed by atoms with Crippen LogP contribution in [-0.2, 0) is 6.61 Å². The first kappa shape index (κ1) is 20.5. The predicted molar refractivity (Wildman–Crippen MR) is 129 cm³/mol. The second-order valence-corrected chi connectivity index (χ2v) is 7.77. The largest absolute Gasteiger partial charge is 0.489 e. The first-order valence-corrected chi connectivity index (χ1v) is 10.5. The molecule has 0 radical (unpaired) electrons. The standard InChI is InChI=1S/C27H21N3O3/c1-17-7-12-25-22(13-17)20(14-26(31)33-25)16-32-21-10-8-19(9-11-21)24-15-23(29-27(28)30-24)18-5-3-2-4-6-18/h2-15H,16H2,1H3,(H2,28,29,30). The highest BCUT2D eigenvalue weighted by Crippen LogP contribution is 2.27. The molecule has 2 N–H and O–H groups in total. The molecule has 5 rings (SSSR count). The molecule has 0 atom stereocenters. The number of ether oxygens (including phenoxy) is 1. The minimum absolute atomic E-state index is 0.219. The molecule has 0 bridgehead atoms. The molecule has 0 aliphatic heterocycles. The van der Waals surface area contributed by atoms with Gasteiger partial charge in [-0.3, -0.25) is 0 Å². The Morgan fingerprint density at radius 1 is 0.848 bits per heavy atom. The van der Waals surface area contributed by atoms with E-state index in [1.165, 1.54) is 6.07 Å². The van der Waals surface area contributed by atoms with E-state index in [1.807, 2.05) is 85.8 Å². The fraction of sp³-hybridized carbons (Fsp3) is 0.0741. The van der Waals surface area contributed by atoms with E-state index in [2.05, 4.69) is 9.97 Å². The fourth-order valence-electron chi connectivity index (χ4n) is 3.71. The van der Waals surface area contributed by atoms with Crippen LogP contribution >= 0.6 is 0 Å². The van der Waals surface area contributed by atoms with E-state index >= 15 is 0 Å². The Labute approximate surface area is 190 Å². The van der Waals surface area contributed by atoms with E-state index in [4.69, 9.17) is 14.9 Å². The average Bonchev–Trinajstić information content (AvgIpc) is 2.83. The van der Waals surface area contributed by atoms with Crippen molar-refractivity contribution in [1.29, 1.82) is 0 Å². The molecule has 0 unspecified atom stereocenters. The summed E-state index contributed by atoms with van der Waals surface area (Å²) in [6.07, 6.45) is 0. The number of nitrogens with zero attached hydrogens (tertiary/aromatic N) is 2. The number of benzene rings is 3. The van der Waals surface area contributed by atoms with E-state index in [0.29, 0.717) is 11.3 Å². The molecule has 5 aromatic rings. The maximum absolute atomic E-state index is 11.9. The van der Waals surface area contributed by atoms with Crippen molar-refractivity contribution in [1.82, 2.24) is 9.97 Å². The Bertz CT molecular complexity index is 1490. The normalized spacial score (nSPS) is 10.9. The lowest BCUT2D eigenvalue weighted by molar-refractivity contribution is 0.306. The number of fused-ring (bicyclic) bond motifs is 1. The number of hydrogen-bond donors (Lipinski definition) is 1. The van der Waals surface area contributed by atoms with Gasteiger partial charge in [0, 0.05) is 28.1 Å². The summed E-state index contributed by atoms with van der Waals surface area (Å²) in [5, 5.41) is 0.871. The van der Waals surface area contributed by atoms with Crippen molar-refractivity contribution in [3.05, 3.63) is 106 Å². The molecule has 33 heavy (non-hydrogen) atoms. The first-order chi connectivity index (χ1) is 16.0. The average molecular weight is 435 g/mol. The summed E-state index contributed by atoms with van der Waals surface area (Å²) >= 11 is 0. The second kappa shape index (κ2) is 8.59. The SMILES string of the molecule is Cc1ccc2oc(=O)cc(COc3ccc(-c4cc(-c5ccccc5)nc(N)n4)cc3)c2c1. The zero-order valence-corrected chi connectivity index (χ0v) is 18.0. The number of aromatic nitrogens is 2. The van der Waals surface area contributed by atoms with E-state index in [9.17, 15) is 4.79 Å². The van der Waals surface area contributed by atoms with Crippen LogP contribution in [0.1, 0.15) is 11.1 Å². The topological polar surface area (TPSA) is 91.2 Å². The summed E-state index contributed by atoms with van der Waals surface area (Å²) in [6, 6.07) is 26.5. The van der Waals surface area contributed by atoms with Crippen molar-refractivity contribution in [2.24, 2.45) is 0 Å². The van der Waals surface area contributed by atoms with Crippen LogP contribution in [-0.4, -0.2) is 9.97 Å². The van der Waals surface area contributed by atoms with E-state index in [0.717, 1.165) is 39.0 Å². The molecule has 0 saturated heterocycles. The number of nitrogen functional groups attached to an aromatic ring is 1. The van der Waals surface area contributed by atoms with Gasteiger partial charge in [0.05, 0.1) is 11.4 Å². The van der Waals surface area contributed by atoms with Crippen molar-refractivity contribution >= 4 is 16.9 Å². The van der Waals surface area contributed by atoms with Crippen LogP contribution in [0.15, 0.2) is 94.1 Å². The van der Waals surface area contributed by atoms with Gasteiger partial charge in [0.25, 0.3) is 0 Å². The molecular weight excluding hydrogens is 414 g/mol. The minimum Gasteiger partial charge on any atom is -0.489 e. The van der Waals surface area contributed by atoms with Crippen LogP contribution in [0.4, 0.5) is 5.95 Å². The van der Waals surface area contributed by atoms with Gasteiger partial charge in [0.2, 0.25) is 5.95 Å².